The summed E-state index contributed by atoms with van der Waals surface area (Å²) in [6.07, 6.45) is 11.5. The lowest BCUT2D eigenvalue weighted by Gasteiger charge is -2.44. The lowest BCUT2D eigenvalue weighted by Crippen LogP contribution is -2.43. The van der Waals surface area contributed by atoms with Crippen molar-refractivity contribution in [3.8, 4) is 5.75 Å². The Hall–Kier alpha value is -2.20. The summed E-state index contributed by atoms with van der Waals surface area (Å²) >= 11 is 6.41. The van der Waals surface area contributed by atoms with Gasteiger partial charge < -0.3 is 14.7 Å². The Labute approximate surface area is 293 Å². The number of anilines is 1. The first-order valence-corrected chi connectivity index (χ1v) is 20.4. The van der Waals surface area contributed by atoms with Gasteiger partial charge in [0.15, 0.2) is 0 Å². The second kappa shape index (κ2) is 21.0. The monoisotopic (exact) mass is 708 g/mol. The number of carbonyl (C=O) groups excluding carboxylic acids is 1. The second-order valence-electron chi connectivity index (χ2n) is 12.2. The molecule has 47 heavy (non-hydrogen) atoms. The van der Waals surface area contributed by atoms with Gasteiger partial charge in [-0.25, -0.2) is 4.21 Å². The quantitative estimate of drug-likeness (QED) is 0.207. The van der Waals surface area contributed by atoms with Crippen LogP contribution < -0.4 is 14.4 Å². The zero-order chi connectivity index (χ0) is 35.1. The van der Waals surface area contributed by atoms with E-state index in [1.165, 1.54) is 11.1 Å². The van der Waals surface area contributed by atoms with Crippen molar-refractivity contribution < 1.29 is 23.1 Å². The van der Waals surface area contributed by atoms with Crippen molar-refractivity contribution in [2.45, 2.75) is 84.8 Å². The van der Waals surface area contributed by atoms with Gasteiger partial charge in [-0.15, -0.1) is 0 Å². The summed E-state index contributed by atoms with van der Waals surface area (Å²) in [6.45, 7) is 14.0. The number of nitrogens with zero attached hydrogens (tertiary/aromatic N) is 1. The maximum atomic E-state index is 13.1. The number of allylic oxidation sites excluding steroid dienone is 2. The molecule has 2 aromatic rings. The number of hydrogen-bond acceptors (Lipinski definition) is 6. The molecule has 2 aromatic carbocycles. The molecule has 1 saturated carbocycles. The molecule has 0 aromatic heterocycles. The Morgan fingerprint density at radius 1 is 1.13 bits per heavy atom. The summed E-state index contributed by atoms with van der Waals surface area (Å²) in [7, 11) is -1.33. The molecule has 6 atom stereocenters. The molecule has 7 nitrogen and oxygen atoms in total. The maximum Gasteiger partial charge on any atom is 0.263 e. The average Bonchev–Trinajstić information content (AvgIpc) is 3.22. The summed E-state index contributed by atoms with van der Waals surface area (Å²) in [4.78, 5) is 15.5. The second-order valence-corrected chi connectivity index (χ2v) is 15.9. The summed E-state index contributed by atoms with van der Waals surface area (Å²) in [5, 5.41) is 7.57. The van der Waals surface area contributed by atoms with Gasteiger partial charge in [0.05, 0.1) is 12.3 Å². The van der Waals surface area contributed by atoms with Crippen LogP contribution in [0.3, 0.4) is 0 Å². The third-order valence-electron chi connectivity index (χ3n) is 8.66. The normalized spacial score (nSPS) is 20.7. The number of halogens is 1. The molecule has 6 unspecified atom stereocenters. The molecule has 1 amide bonds. The lowest BCUT2D eigenvalue weighted by atomic mass is 9.67. The van der Waals surface area contributed by atoms with Crippen molar-refractivity contribution in [2.75, 3.05) is 43.7 Å². The van der Waals surface area contributed by atoms with E-state index in [0.29, 0.717) is 35.7 Å². The van der Waals surface area contributed by atoms with Gasteiger partial charge in [0.1, 0.15) is 16.7 Å². The fraction of sp³-hybridized carbons (Fsp3) is 0.595. The van der Waals surface area contributed by atoms with Gasteiger partial charge >= 0.3 is 0 Å². The molecule has 1 aliphatic carbocycles. The molecule has 1 heterocycles. The zero-order valence-electron chi connectivity index (χ0n) is 29.6. The van der Waals surface area contributed by atoms with Crippen molar-refractivity contribution in [3.63, 3.8) is 0 Å². The van der Waals surface area contributed by atoms with Crippen molar-refractivity contribution in [1.29, 1.82) is 0 Å². The van der Waals surface area contributed by atoms with E-state index in [0.717, 1.165) is 68.8 Å². The minimum Gasteiger partial charge on any atom is -0.491 e. The number of aliphatic hydroxyl groups excluding tert-OH is 1. The molecule has 10 heteroatoms. The molecule has 2 N–H and O–H groups in total. The van der Waals surface area contributed by atoms with E-state index in [2.05, 4.69) is 47.8 Å². The van der Waals surface area contributed by atoms with Crippen LogP contribution in [0.4, 0.5) is 5.69 Å². The molecule has 1 aliphatic heterocycles. The highest BCUT2D eigenvalue weighted by Gasteiger charge is 2.38. The highest BCUT2D eigenvalue weighted by atomic mass is 35.5. The first-order chi connectivity index (χ1) is 22.6. The Balaban J connectivity index is 0.00000185. The fourth-order valence-corrected chi connectivity index (χ4v) is 7.93. The number of hydrogen-bond donors (Lipinski definition) is 2. The Morgan fingerprint density at radius 2 is 1.85 bits per heavy atom. The van der Waals surface area contributed by atoms with Gasteiger partial charge in [0, 0.05) is 64.8 Å². The maximum absolute atomic E-state index is 13.1. The van der Waals surface area contributed by atoms with Crippen LogP contribution in [0.25, 0.3) is 0 Å². The Morgan fingerprint density at radius 3 is 2.45 bits per heavy atom. The van der Waals surface area contributed by atoms with Crippen LogP contribution in [-0.4, -0.2) is 63.5 Å². The van der Waals surface area contributed by atoms with Crippen LogP contribution in [0.15, 0.2) is 48.6 Å². The van der Waals surface area contributed by atoms with Gasteiger partial charge in [-0.2, -0.15) is 0 Å². The van der Waals surface area contributed by atoms with Crippen molar-refractivity contribution in [3.05, 3.63) is 70.3 Å². The van der Waals surface area contributed by atoms with Crippen molar-refractivity contribution in [2.24, 2.45) is 17.8 Å². The molecule has 2 aliphatic rings. The Kier molecular flexibility index (Phi) is 18.3. The number of rotatable bonds is 13. The van der Waals surface area contributed by atoms with Gasteiger partial charge in [0.2, 0.25) is 0 Å². The van der Waals surface area contributed by atoms with Gasteiger partial charge in [-0.05, 0) is 98.7 Å². The smallest absolute Gasteiger partial charge is 0.263 e. The molecular formula is C37H57ClN2O5S2. The number of aryl methyl sites for hydroxylation is 1. The predicted octanol–water partition coefficient (Wildman–Crippen LogP) is 7.70. The predicted molar refractivity (Wildman–Crippen MR) is 201 cm³/mol. The van der Waals surface area contributed by atoms with Gasteiger partial charge in [-0.1, -0.05) is 63.9 Å². The van der Waals surface area contributed by atoms with Crippen LogP contribution in [0.2, 0.25) is 5.02 Å². The van der Waals surface area contributed by atoms with Crippen LogP contribution in [0.5, 0.6) is 5.75 Å². The summed E-state index contributed by atoms with van der Waals surface area (Å²) in [5.41, 5.74) is 3.86. The minimum absolute atomic E-state index is 0.120. The van der Waals surface area contributed by atoms with Crippen LogP contribution in [0.1, 0.15) is 94.6 Å². The summed E-state index contributed by atoms with van der Waals surface area (Å²) in [6, 6.07) is 11.7. The Bertz CT molecular complexity index is 1350. The van der Waals surface area contributed by atoms with Gasteiger partial charge in [0.25, 0.3) is 5.91 Å². The van der Waals surface area contributed by atoms with Gasteiger partial charge in [-0.3, -0.25) is 13.7 Å². The number of ether oxygens (including phenoxy) is 1. The summed E-state index contributed by atoms with van der Waals surface area (Å²) < 4.78 is 33.8. The first kappa shape index (κ1) is 41.0. The fourth-order valence-electron chi connectivity index (χ4n) is 6.29. The van der Waals surface area contributed by atoms with Crippen LogP contribution >= 0.6 is 11.6 Å². The van der Waals surface area contributed by atoms with Crippen molar-refractivity contribution in [1.82, 2.24) is 4.72 Å². The minimum atomic E-state index is -1.46. The topological polar surface area (TPSA) is 95.9 Å². The highest BCUT2D eigenvalue weighted by molar-refractivity contribution is 7.84. The highest BCUT2D eigenvalue weighted by Crippen LogP contribution is 2.44. The third-order valence-corrected chi connectivity index (χ3v) is 11.0. The van der Waals surface area contributed by atoms with Crippen molar-refractivity contribution >= 4 is 45.0 Å². The SMILES string of the molecule is CC.CC/C=C/C(CS(C)=O)C1CCC1CN1CC(c2ccc(Cl)cc2CCC)COc2ccc(C(=O)NS(=O)C(C)C)cc21.CO. The van der Waals surface area contributed by atoms with E-state index in [1.54, 1.807) is 12.3 Å². The largest absolute Gasteiger partial charge is 0.491 e. The molecule has 0 spiro atoms. The molecule has 0 radical (unpaired) electrons. The number of nitrogens with one attached hydrogen (secondary N) is 1. The molecule has 0 bridgehead atoms. The average molecular weight is 709 g/mol. The van der Waals surface area contributed by atoms with Crippen LogP contribution in [0, 0.1) is 17.8 Å². The van der Waals surface area contributed by atoms with E-state index in [-0.39, 0.29) is 17.1 Å². The number of aliphatic hydroxyl groups is 1. The number of fused-ring (bicyclic) bond motifs is 1. The number of benzene rings is 2. The molecule has 264 valence electrons. The van der Waals surface area contributed by atoms with E-state index in [4.69, 9.17) is 21.4 Å². The molecule has 0 saturated heterocycles. The summed E-state index contributed by atoms with van der Waals surface area (Å²) in [5.74, 6) is 2.39. The number of carbonyl (C=O) groups is 1. The van der Waals surface area contributed by atoms with E-state index < -0.39 is 21.8 Å². The molecule has 1 fully saturated rings. The van der Waals surface area contributed by atoms with E-state index >= 15 is 0 Å². The molecule has 4 rings (SSSR count). The molecular weight excluding hydrogens is 652 g/mol. The lowest BCUT2D eigenvalue weighted by molar-refractivity contribution is 0.0982. The van der Waals surface area contributed by atoms with E-state index in [1.807, 2.05) is 45.9 Å². The zero-order valence-corrected chi connectivity index (χ0v) is 32.0. The standard InChI is InChI=1S/C34H47ClN2O4S2.C2H6.CH4O/c1-6-8-10-27(22-42(5)39)31-14-11-26(31)19-37-20-28(30-15-13-29(35)17-24(30)9-7-2)21-41-33-16-12-25(18-32(33)37)34(38)36-43(40)23(3)4;2*1-2/h8,10,12-13,15-18,23,26-28,31H,6-7,9,11,14,19-22H2,1-5H3,(H,36,38);1-2H3;2H,1H3/b10-8+;;. The third kappa shape index (κ3) is 11.7. The first-order valence-electron chi connectivity index (χ1n) is 17.0. The van der Waals surface area contributed by atoms with E-state index in [9.17, 15) is 13.2 Å². The number of amides is 1. The van der Waals surface area contributed by atoms with Crippen LogP contribution in [-0.2, 0) is 28.2 Å².